The maximum absolute atomic E-state index is 11.6. The average Bonchev–Trinajstić information content (AvgIpc) is 2.53. The van der Waals surface area contributed by atoms with Gasteiger partial charge in [0.25, 0.3) is 0 Å². The Morgan fingerprint density at radius 3 is 2.50 bits per heavy atom. The number of aryl methyl sites for hydroxylation is 1. The Hall–Kier alpha value is -2.39. The van der Waals surface area contributed by atoms with Crippen LogP contribution in [0.25, 0.3) is 22.2 Å². The number of aromatic carboxylic acids is 1. The van der Waals surface area contributed by atoms with Crippen molar-refractivity contribution in [2.24, 2.45) is 0 Å². The summed E-state index contributed by atoms with van der Waals surface area (Å²) >= 11 is 5.89. The first-order chi connectivity index (χ1) is 10.6. The Balaban J connectivity index is 2.25. The van der Waals surface area contributed by atoms with Gasteiger partial charge in [0, 0.05) is 16.0 Å². The molecule has 1 N–H and O–H groups in total. The monoisotopic (exact) mass is 311 g/mol. The van der Waals surface area contributed by atoms with Crippen molar-refractivity contribution in [3.63, 3.8) is 0 Å². The molecule has 0 unspecified atom stereocenters. The molecule has 0 spiro atoms. The number of carbonyl (C=O) groups is 1. The van der Waals surface area contributed by atoms with Crippen molar-refractivity contribution < 1.29 is 9.90 Å². The minimum Gasteiger partial charge on any atom is -0.478 e. The molecule has 110 valence electrons. The van der Waals surface area contributed by atoms with Crippen LogP contribution in [-0.2, 0) is 6.42 Å². The van der Waals surface area contributed by atoms with Gasteiger partial charge in [-0.05, 0) is 42.3 Å². The van der Waals surface area contributed by atoms with Gasteiger partial charge in [-0.25, -0.2) is 9.78 Å². The third-order valence-electron chi connectivity index (χ3n) is 3.65. The van der Waals surface area contributed by atoms with Gasteiger partial charge in [0.15, 0.2) is 0 Å². The van der Waals surface area contributed by atoms with Gasteiger partial charge in [-0.3, -0.25) is 0 Å². The zero-order valence-corrected chi connectivity index (χ0v) is 12.8. The first-order valence-corrected chi connectivity index (χ1v) is 7.39. The van der Waals surface area contributed by atoms with Gasteiger partial charge in [-0.1, -0.05) is 36.7 Å². The van der Waals surface area contributed by atoms with Crippen LogP contribution < -0.4 is 0 Å². The minimum absolute atomic E-state index is 0.269. The molecule has 22 heavy (non-hydrogen) atoms. The molecule has 2 aromatic carbocycles. The fourth-order valence-electron chi connectivity index (χ4n) is 2.44. The van der Waals surface area contributed by atoms with Gasteiger partial charge in [0.2, 0.25) is 0 Å². The Morgan fingerprint density at radius 1 is 1.14 bits per heavy atom. The van der Waals surface area contributed by atoms with E-state index < -0.39 is 5.97 Å². The molecule has 0 atom stereocenters. The van der Waals surface area contributed by atoms with E-state index >= 15 is 0 Å². The van der Waals surface area contributed by atoms with Crippen molar-refractivity contribution in [1.82, 2.24) is 4.98 Å². The molecule has 0 aliphatic carbocycles. The number of benzene rings is 2. The fraction of sp³-hybridized carbons (Fsp3) is 0.111. The molecule has 0 amide bonds. The molecule has 0 bridgehead atoms. The van der Waals surface area contributed by atoms with E-state index in [2.05, 4.69) is 4.98 Å². The second-order valence-electron chi connectivity index (χ2n) is 5.07. The van der Waals surface area contributed by atoms with Crippen molar-refractivity contribution in [1.29, 1.82) is 0 Å². The summed E-state index contributed by atoms with van der Waals surface area (Å²) in [5, 5.41) is 10.8. The third-order valence-corrected chi connectivity index (χ3v) is 3.90. The number of rotatable bonds is 3. The van der Waals surface area contributed by atoms with E-state index in [1.54, 1.807) is 18.2 Å². The molecule has 4 heteroatoms. The highest BCUT2D eigenvalue weighted by Gasteiger charge is 2.13. The summed E-state index contributed by atoms with van der Waals surface area (Å²) < 4.78 is 0. The van der Waals surface area contributed by atoms with Gasteiger partial charge in [-0.2, -0.15) is 0 Å². The second kappa shape index (κ2) is 5.78. The molecular weight excluding hydrogens is 298 g/mol. The molecule has 0 saturated heterocycles. The fourth-order valence-corrected chi connectivity index (χ4v) is 2.56. The number of pyridine rings is 1. The van der Waals surface area contributed by atoms with Crippen LogP contribution in [0.15, 0.2) is 48.5 Å². The zero-order chi connectivity index (χ0) is 15.7. The smallest absolute Gasteiger partial charge is 0.336 e. The number of hydrogen-bond donors (Lipinski definition) is 1. The molecular formula is C18H14ClNO2. The SMILES string of the molecule is CCc1ccc2nc(-c3ccc(Cl)cc3)cc(C(=O)O)c2c1. The van der Waals surface area contributed by atoms with Crippen molar-refractivity contribution >= 4 is 28.5 Å². The van der Waals surface area contributed by atoms with E-state index in [9.17, 15) is 9.90 Å². The van der Waals surface area contributed by atoms with Crippen molar-refractivity contribution in [3.8, 4) is 11.3 Å². The molecule has 1 heterocycles. The maximum atomic E-state index is 11.6. The summed E-state index contributed by atoms with van der Waals surface area (Å²) in [5.41, 5.74) is 3.52. The lowest BCUT2D eigenvalue weighted by molar-refractivity contribution is 0.0699. The third kappa shape index (κ3) is 2.68. The van der Waals surface area contributed by atoms with Gasteiger partial charge in [0.1, 0.15) is 0 Å². The minimum atomic E-state index is -0.948. The number of hydrogen-bond acceptors (Lipinski definition) is 2. The Kier molecular flexibility index (Phi) is 3.82. The first-order valence-electron chi connectivity index (χ1n) is 7.01. The molecule has 3 nitrogen and oxygen atoms in total. The van der Waals surface area contributed by atoms with Gasteiger partial charge in [0.05, 0.1) is 16.8 Å². The van der Waals surface area contributed by atoms with Crippen LogP contribution in [0.2, 0.25) is 5.02 Å². The van der Waals surface area contributed by atoms with Crippen molar-refractivity contribution in [2.45, 2.75) is 13.3 Å². The Bertz CT molecular complexity index is 857. The zero-order valence-electron chi connectivity index (χ0n) is 12.0. The van der Waals surface area contributed by atoms with E-state index in [0.717, 1.165) is 17.5 Å². The van der Waals surface area contributed by atoms with Crippen LogP contribution >= 0.6 is 11.6 Å². The quantitative estimate of drug-likeness (QED) is 0.754. The molecule has 0 saturated carbocycles. The highest BCUT2D eigenvalue weighted by atomic mass is 35.5. The van der Waals surface area contributed by atoms with E-state index in [1.807, 2.05) is 37.3 Å². The van der Waals surface area contributed by atoms with Crippen molar-refractivity contribution in [3.05, 3.63) is 64.7 Å². The molecule has 1 aromatic heterocycles. The summed E-state index contributed by atoms with van der Waals surface area (Å²) in [5.74, 6) is -0.948. The molecule has 0 aliphatic rings. The largest absolute Gasteiger partial charge is 0.478 e. The summed E-state index contributed by atoms with van der Waals surface area (Å²) in [6.07, 6.45) is 0.855. The molecule has 3 rings (SSSR count). The lowest BCUT2D eigenvalue weighted by Gasteiger charge is -2.08. The molecule has 0 aliphatic heterocycles. The molecule has 0 fully saturated rings. The number of fused-ring (bicyclic) bond motifs is 1. The maximum Gasteiger partial charge on any atom is 0.336 e. The predicted octanol–water partition coefficient (Wildman–Crippen LogP) is 4.82. The number of nitrogens with zero attached hydrogens (tertiary/aromatic N) is 1. The van der Waals surface area contributed by atoms with Gasteiger partial charge < -0.3 is 5.11 Å². The summed E-state index contributed by atoms with van der Waals surface area (Å²) in [7, 11) is 0. The average molecular weight is 312 g/mol. The highest BCUT2D eigenvalue weighted by Crippen LogP contribution is 2.26. The lowest BCUT2D eigenvalue weighted by atomic mass is 10.0. The van der Waals surface area contributed by atoms with Gasteiger partial charge >= 0.3 is 5.97 Å². The lowest BCUT2D eigenvalue weighted by Crippen LogP contribution is -2.01. The van der Waals surface area contributed by atoms with Crippen LogP contribution in [0.1, 0.15) is 22.8 Å². The van der Waals surface area contributed by atoms with E-state index in [-0.39, 0.29) is 5.56 Å². The number of carboxylic acids is 1. The predicted molar refractivity (Wildman–Crippen MR) is 88.5 cm³/mol. The Morgan fingerprint density at radius 2 is 1.86 bits per heavy atom. The van der Waals surface area contributed by atoms with Gasteiger partial charge in [-0.15, -0.1) is 0 Å². The highest BCUT2D eigenvalue weighted by molar-refractivity contribution is 6.30. The topological polar surface area (TPSA) is 50.2 Å². The summed E-state index contributed by atoms with van der Waals surface area (Å²) in [6, 6.07) is 14.6. The van der Waals surface area contributed by atoms with E-state index in [1.165, 1.54) is 0 Å². The standard InChI is InChI=1S/C18H14ClNO2/c1-2-11-3-8-16-14(9-11)15(18(21)22)10-17(20-16)12-4-6-13(19)7-5-12/h3-10H,2H2,1H3,(H,21,22). The number of halogens is 1. The number of aromatic nitrogens is 1. The van der Waals surface area contributed by atoms with Crippen LogP contribution in [0.3, 0.4) is 0 Å². The molecule has 0 radical (unpaired) electrons. The van der Waals surface area contributed by atoms with Crippen LogP contribution in [0, 0.1) is 0 Å². The first kappa shape index (κ1) is 14.5. The Labute approximate surface area is 133 Å². The second-order valence-corrected chi connectivity index (χ2v) is 5.51. The van der Waals surface area contributed by atoms with Crippen LogP contribution in [0.5, 0.6) is 0 Å². The number of carboxylic acid groups (broad SMARTS) is 1. The van der Waals surface area contributed by atoms with Crippen molar-refractivity contribution in [2.75, 3.05) is 0 Å². The van der Waals surface area contributed by atoms with E-state index in [4.69, 9.17) is 11.6 Å². The van der Waals surface area contributed by atoms with Crippen LogP contribution in [0.4, 0.5) is 0 Å². The normalized spacial score (nSPS) is 10.8. The summed E-state index contributed by atoms with van der Waals surface area (Å²) in [6.45, 7) is 2.04. The van der Waals surface area contributed by atoms with E-state index in [0.29, 0.717) is 21.6 Å². The van der Waals surface area contributed by atoms with Crippen LogP contribution in [-0.4, -0.2) is 16.1 Å². The summed E-state index contributed by atoms with van der Waals surface area (Å²) in [4.78, 5) is 16.2. The molecule has 3 aromatic rings.